The highest BCUT2D eigenvalue weighted by Gasteiger charge is 2.05. The molecular weight excluding hydrogens is 168 g/mol. The monoisotopic (exact) mass is 176 g/mol. The molecule has 2 rings (SSSR count). The minimum Gasteiger partial charge on any atom is -0.314 e. The van der Waals surface area contributed by atoms with E-state index < -0.39 is 0 Å². The van der Waals surface area contributed by atoms with Gasteiger partial charge in [-0.05, 0) is 6.08 Å². The van der Waals surface area contributed by atoms with Gasteiger partial charge < -0.3 is 4.90 Å². The number of hydrogen-bond acceptors (Lipinski definition) is 4. The lowest BCUT2D eigenvalue weighted by molar-refractivity contribution is 0.880. The molecule has 1 N–H and O–H groups in total. The molecule has 1 aliphatic rings. The van der Waals surface area contributed by atoms with Crippen molar-refractivity contribution in [2.45, 2.75) is 0 Å². The topological polar surface area (TPSA) is 61.9 Å². The quantitative estimate of drug-likeness (QED) is 0.657. The Bertz CT molecular complexity index is 407. The zero-order valence-corrected chi connectivity index (χ0v) is 6.84. The van der Waals surface area contributed by atoms with Crippen molar-refractivity contribution < 1.29 is 0 Å². The van der Waals surface area contributed by atoms with E-state index in [2.05, 4.69) is 15.2 Å². The van der Waals surface area contributed by atoms with E-state index in [-0.39, 0.29) is 5.56 Å². The van der Waals surface area contributed by atoms with Gasteiger partial charge in [-0.2, -0.15) is 0 Å². The first-order valence-corrected chi connectivity index (χ1v) is 3.88. The van der Waals surface area contributed by atoms with Gasteiger partial charge in [-0.1, -0.05) is 12.2 Å². The van der Waals surface area contributed by atoms with Crippen molar-refractivity contribution in [1.82, 2.24) is 15.2 Å². The molecule has 0 radical (unpaired) electrons. The van der Waals surface area contributed by atoms with Crippen LogP contribution in [-0.2, 0) is 0 Å². The summed E-state index contributed by atoms with van der Waals surface area (Å²) in [4.78, 5) is 15.3. The van der Waals surface area contributed by atoms with Crippen LogP contribution in [0.1, 0.15) is 0 Å². The molecule has 0 saturated carbocycles. The summed E-state index contributed by atoms with van der Waals surface area (Å²) in [6.07, 6.45) is 8.75. The Hall–Kier alpha value is -1.91. The lowest BCUT2D eigenvalue weighted by Gasteiger charge is -2.17. The number of allylic oxidation sites excluding steroid dienone is 2. The van der Waals surface area contributed by atoms with Crippen LogP contribution in [0.15, 0.2) is 35.4 Å². The average Bonchev–Trinajstić information content (AvgIpc) is 2.19. The molecule has 1 aromatic heterocycles. The van der Waals surface area contributed by atoms with Crippen LogP contribution in [0.4, 0.5) is 5.95 Å². The third-order valence-electron chi connectivity index (χ3n) is 1.65. The number of aromatic amines is 1. The molecule has 0 unspecified atom stereocenters. The second-order valence-corrected chi connectivity index (χ2v) is 2.58. The largest absolute Gasteiger partial charge is 0.314 e. The number of nitrogens with zero attached hydrogens (tertiary/aromatic N) is 3. The Morgan fingerprint density at radius 2 is 2.38 bits per heavy atom. The van der Waals surface area contributed by atoms with Crippen molar-refractivity contribution in [3.63, 3.8) is 0 Å². The molecule has 0 fully saturated rings. The van der Waals surface area contributed by atoms with E-state index in [0.29, 0.717) is 12.5 Å². The molecule has 1 aliphatic heterocycles. The third-order valence-corrected chi connectivity index (χ3v) is 1.65. The van der Waals surface area contributed by atoms with Gasteiger partial charge in [0.1, 0.15) is 6.20 Å². The molecule has 0 atom stereocenters. The van der Waals surface area contributed by atoms with E-state index in [4.69, 9.17) is 0 Å². The number of hydrogen-bond donors (Lipinski definition) is 1. The molecule has 5 nitrogen and oxygen atoms in total. The van der Waals surface area contributed by atoms with Gasteiger partial charge >= 0.3 is 0 Å². The molecule has 0 aromatic carbocycles. The highest BCUT2D eigenvalue weighted by molar-refractivity contribution is 5.37. The van der Waals surface area contributed by atoms with Crippen molar-refractivity contribution in [2.24, 2.45) is 0 Å². The van der Waals surface area contributed by atoms with Gasteiger partial charge in [-0.25, -0.2) is 0 Å². The predicted molar refractivity (Wildman–Crippen MR) is 48.3 cm³/mol. The molecule has 0 amide bonds. The van der Waals surface area contributed by atoms with Gasteiger partial charge in [0.25, 0.3) is 5.56 Å². The summed E-state index contributed by atoms with van der Waals surface area (Å²) in [5.41, 5.74) is -0.243. The van der Waals surface area contributed by atoms with Crippen LogP contribution < -0.4 is 10.5 Å². The fraction of sp³-hybridized carbons (Fsp3) is 0.125. The Kier molecular flexibility index (Phi) is 1.91. The van der Waals surface area contributed by atoms with E-state index in [0.717, 1.165) is 6.20 Å². The van der Waals surface area contributed by atoms with Crippen LogP contribution in [0.2, 0.25) is 0 Å². The number of H-pyrrole nitrogens is 1. The van der Waals surface area contributed by atoms with E-state index in [9.17, 15) is 4.79 Å². The number of anilines is 1. The second kappa shape index (κ2) is 3.22. The summed E-state index contributed by atoms with van der Waals surface area (Å²) in [6.45, 7) is 0.700. The predicted octanol–water partition coefficient (Wildman–Crippen LogP) is 0.0548. The summed E-state index contributed by atoms with van der Waals surface area (Å²) in [7, 11) is 0. The summed E-state index contributed by atoms with van der Waals surface area (Å²) in [5, 5.41) is 7.36. The molecule has 0 spiro atoms. The lowest BCUT2D eigenvalue weighted by atomic mass is 10.4. The summed E-state index contributed by atoms with van der Waals surface area (Å²) < 4.78 is 0. The van der Waals surface area contributed by atoms with E-state index in [1.54, 1.807) is 4.90 Å². The Balaban J connectivity index is 2.30. The van der Waals surface area contributed by atoms with Gasteiger partial charge in [0, 0.05) is 12.7 Å². The van der Waals surface area contributed by atoms with Gasteiger partial charge in [-0.15, -0.1) is 10.2 Å². The minimum absolute atomic E-state index is 0.243. The molecular formula is C8H8N4O. The summed E-state index contributed by atoms with van der Waals surface area (Å²) >= 11 is 0. The van der Waals surface area contributed by atoms with Crippen LogP contribution in [0, 0.1) is 0 Å². The normalized spacial score (nSPS) is 14.9. The van der Waals surface area contributed by atoms with Gasteiger partial charge in [-0.3, -0.25) is 9.78 Å². The first-order chi connectivity index (χ1) is 6.36. The second-order valence-electron chi connectivity index (χ2n) is 2.58. The maximum Gasteiger partial charge on any atom is 0.271 e. The average molecular weight is 176 g/mol. The van der Waals surface area contributed by atoms with Crippen molar-refractivity contribution in [1.29, 1.82) is 0 Å². The molecule has 13 heavy (non-hydrogen) atoms. The molecule has 2 heterocycles. The molecule has 1 aromatic rings. The zero-order valence-electron chi connectivity index (χ0n) is 6.84. The smallest absolute Gasteiger partial charge is 0.271 e. The lowest BCUT2D eigenvalue weighted by Crippen LogP contribution is -2.23. The van der Waals surface area contributed by atoms with Crippen LogP contribution in [0.5, 0.6) is 0 Å². The van der Waals surface area contributed by atoms with Gasteiger partial charge in [0.15, 0.2) is 0 Å². The van der Waals surface area contributed by atoms with Crippen molar-refractivity contribution in [3.05, 3.63) is 41.0 Å². The van der Waals surface area contributed by atoms with Crippen LogP contribution in [0.25, 0.3) is 0 Å². The summed E-state index contributed by atoms with van der Waals surface area (Å²) in [5.74, 6) is 0.466. The first kappa shape index (κ1) is 7.72. The summed E-state index contributed by atoms with van der Waals surface area (Å²) in [6, 6.07) is 0. The van der Waals surface area contributed by atoms with Crippen LogP contribution in [0.3, 0.4) is 0 Å². The maximum atomic E-state index is 10.9. The van der Waals surface area contributed by atoms with Crippen molar-refractivity contribution in [2.75, 3.05) is 11.4 Å². The highest BCUT2D eigenvalue weighted by atomic mass is 16.1. The fourth-order valence-electron chi connectivity index (χ4n) is 1.06. The van der Waals surface area contributed by atoms with Gasteiger partial charge in [0.05, 0.1) is 0 Å². The minimum atomic E-state index is -0.243. The number of rotatable bonds is 1. The van der Waals surface area contributed by atoms with Crippen molar-refractivity contribution in [3.8, 4) is 0 Å². The van der Waals surface area contributed by atoms with E-state index >= 15 is 0 Å². The number of aromatic nitrogens is 3. The molecule has 5 heteroatoms. The SMILES string of the molecule is O=c1cnnc(N2C=CC=CC2)[nH]1. The number of nitrogens with one attached hydrogen (secondary N) is 1. The fourth-order valence-corrected chi connectivity index (χ4v) is 1.06. The maximum absolute atomic E-state index is 10.9. The molecule has 0 bridgehead atoms. The van der Waals surface area contributed by atoms with Crippen LogP contribution in [-0.4, -0.2) is 21.7 Å². The zero-order chi connectivity index (χ0) is 9.10. The van der Waals surface area contributed by atoms with E-state index in [1.165, 1.54) is 0 Å². The van der Waals surface area contributed by atoms with Crippen LogP contribution >= 0.6 is 0 Å². The molecule has 0 aliphatic carbocycles. The molecule has 66 valence electrons. The Morgan fingerprint density at radius 3 is 3.08 bits per heavy atom. The Labute approximate surface area is 74.4 Å². The van der Waals surface area contributed by atoms with E-state index in [1.807, 2.05) is 24.4 Å². The first-order valence-electron chi connectivity index (χ1n) is 3.88. The Morgan fingerprint density at radius 1 is 1.46 bits per heavy atom. The standard InChI is InChI=1S/C8H8N4O/c13-7-6-9-11-8(10-7)12-4-2-1-3-5-12/h1-4,6H,5H2,(H,10,11,13). The third kappa shape index (κ3) is 1.64. The van der Waals surface area contributed by atoms with Gasteiger partial charge in [0.2, 0.25) is 5.95 Å². The highest BCUT2D eigenvalue weighted by Crippen LogP contribution is 2.06. The molecule has 0 saturated heterocycles. The van der Waals surface area contributed by atoms with Crippen molar-refractivity contribution >= 4 is 5.95 Å².